The number of nitrogens with one attached hydrogen (secondary N) is 1. The van der Waals surface area contributed by atoms with E-state index in [0.717, 1.165) is 80.3 Å². The van der Waals surface area contributed by atoms with Crippen molar-refractivity contribution >= 4 is 41.0 Å². The predicted octanol–water partition coefficient (Wildman–Crippen LogP) is 2.99. The normalized spacial score (nSPS) is 14.6. The molecule has 5 N–H and O–H groups in total. The van der Waals surface area contributed by atoms with Crippen LogP contribution in [0.3, 0.4) is 0 Å². The average Bonchev–Trinajstić information content (AvgIpc) is 3.15. The summed E-state index contributed by atoms with van der Waals surface area (Å²) in [5.74, 6) is 0.0849. The Bertz CT molecular complexity index is 1740. The third-order valence-corrected chi connectivity index (χ3v) is 9.76. The Balaban J connectivity index is 1.37. The highest BCUT2D eigenvalue weighted by Crippen LogP contribution is 2.25. The fourth-order valence-electron chi connectivity index (χ4n) is 6.46. The van der Waals surface area contributed by atoms with E-state index >= 15 is 0 Å². The number of piperidine rings is 1. The van der Waals surface area contributed by atoms with Gasteiger partial charge in [-0.1, -0.05) is 35.9 Å². The molecular formula is C38H48ClN10O5+. The molecule has 1 fully saturated rings. The number of likely N-dealkylation sites (tertiary alicyclic amines) is 1. The minimum atomic E-state index is -0.437. The van der Waals surface area contributed by atoms with E-state index < -0.39 is 5.91 Å². The van der Waals surface area contributed by atoms with Gasteiger partial charge in [-0.05, 0) is 61.1 Å². The summed E-state index contributed by atoms with van der Waals surface area (Å²) in [6.07, 6.45) is 5.25. The van der Waals surface area contributed by atoms with Crippen molar-refractivity contribution in [1.29, 1.82) is 10.5 Å². The van der Waals surface area contributed by atoms with Crippen molar-refractivity contribution in [2.75, 3.05) is 78.0 Å². The topological polar surface area (TPSA) is 214 Å². The first-order chi connectivity index (χ1) is 25.9. The SMILES string of the molecule is CN(CC#N)C(=O)COc1ccc(CCC[N+]2(CCCc3ccc(OCC(=O)N(C)CC#N)cc3)CCCC(NC(=O)c3nc(Cl)c(N)nc3N)C2)cc1. The van der Waals surface area contributed by atoms with Crippen molar-refractivity contribution in [1.82, 2.24) is 25.1 Å². The Kier molecular flexibility index (Phi) is 15.2. The summed E-state index contributed by atoms with van der Waals surface area (Å²) in [4.78, 5) is 48.2. The molecule has 2 aromatic carbocycles. The lowest BCUT2D eigenvalue weighted by Crippen LogP contribution is -2.60. The molecule has 1 aromatic heterocycles. The number of nitrogens with two attached hydrogens (primary N) is 2. The molecule has 16 heteroatoms. The Labute approximate surface area is 321 Å². The summed E-state index contributed by atoms with van der Waals surface area (Å²) >= 11 is 6.05. The van der Waals surface area contributed by atoms with E-state index in [4.69, 9.17) is 43.1 Å². The molecule has 1 aliphatic heterocycles. The van der Waals surface area contributed by atoms with Crippen LogP contribution in [0.1, 0.15) is 47.3 Å². The standard InChI is InChI=1S/C38H47ClN10O5/c1-47(19-17-40)32(50)25-53-30-13-9-27(10-14-30)6-3-21-49(22-4-7-28-11-15-31(16-12-28)54-26-33(51)48(2)20-18-41)23-5-8-29(24-49)44-38(52)34-36(42)46-37(43)35(39)45-34/h9-16,29H,3-8,19-26H2,1-2H3,(H4-,42,43,44,46,52)/p+1. The van der Waals surface area contributed by atoms with Crippen molar-refractivity contribution in [2.24, 2.45) is 0 Å². The fraction of sp³-hybridized carbons (Fsp3) is 0.447. The zero-order valence-electron chi connectivity index (χ0n) is 30.8. The number of likely N-dealkylation sites (N-methyl/N-ethyl adjacent to an activating group) is 2. The quantitative estimate of drug-likeness (QED) is 0.127. The van der Waals surface area contributed by atoms with Gasteiger partial charge in [-0.25, -0.2) is 9.97 Å². The first-order valence-corrected chi connectivity index (χ1v) is 18.2. The summed E-state index contributed by atoms with van der Waals surface area (Å²) in [7, 11) is 3.12. The number of halogens is 1. The predicted molar refractivity (Wildman–Crippen MR) is 203 cm³/mol. The van der Waals surface area contributed by atoms with E-state index in [1.54, 1.807) is 14.1 Å². The van der Waals surface area contributed by atoms with Gasteiger partial charge in [0, 0.05) is 26.9 Å². The molecule has 0 spiro atoms. The minimum absolute atomic E-state index is 0.00616. The van der Waals surface area contributed by atoms with Crippen LogP contribution < -0.4 is 26.3 Å². The molecule has 0 saturated carbocycles. The zero-order valence-corrected chi connectivity index (χ0v) is 31.6. The molecule has 1 atom stereocenters. The van der Waals surface area contributed by atoms with Gasteiger partial charge in [0.15, 0.2) is 35.7 Å². The zero-order chi connectivity index (χ0) is 39.1. The second-order valence-corrected chi connectivity index (χ2v) is 13.9. The molecule has 0 radical (unpaired) electrons. The highest BCUT2D eigenvalue weighted by Gasteiger charge is 2.35. The number of nitrogen functional groups attached to an aromatic ring is 2. The highest BCUT2D eigenvalue weighted by atomic mass is 35.5. The van der Waals surface area contributed by atoms with Crippen LogP contribution in [-0.2, 0) is 22.4 Å². The molecule has 1 aliphatic rings. The van der Waals surface area contributed by atoms with Crippen molar-refractivity contribution in [3.63, 3.8) is 0 Å². The van der Waals surface area contributed by atoms with E-state index in [0.29, 0.717) is 11.5 Å². The summed E-state index contributed by atoms with van der Waals surface area (Å²) in [5, 5.41) is 20.6. The maximum absolute atomic E-state index is 13.3. The highest BCUT2D eigenvalue weighted by molar-refractivity contribution is 6.31. The second-order valence-electron chi connectivity index (χ2n) is 13.5. The number of carbonyl (C=O) groups is 3. The number of quaternary nitrogens is 1. The van der Waals surface area contributed by atoms with Gasteiger partial charge in [0.2, 0.25) is 0 Å². The van der Waals surface area contributed by atoms with E-state index in [2.05, 4.69) is 15.3 Å². The fourth-order valence-corrected chi connectivity index (χ4v) is 6.59. The molecule has 286 valence electrons. The summed E-state index contributed by atoms with van der Waals surface area (Å²) in [6, 6.07) is 19.2. The largest absolute Gasteiger partial charge is 0.484 e. The number of carbonyl (C=O) groups excluding carboxylic acids is 3. The van der Waals surface area contributed by atoms with E-state index in [1.165, 1.54) is 9.80 Å². The Hall–Kier alpha value is -5.64. The molecule has 0 aliphatic carbocycles. The van der Waals surface area contributed by atoms with Gasteiger partial charge < -0.3 is 40.5 Å². The molecule has 3 amide bonds. The maximum atomic E-state index is 13.3. The molecule has 0 bridgehead atoms. The number of amides is 3. The maximum Gasteiger partial charge on any atom is 0.274 e. The van der Waals surface area contributed by atoms with E-state index in [-0.39, 0.29) is 66.6 Å². The van der Waals surface area contributed by atoms with Crippen LogP contribution in [0.5, 0.6) is 11.5 Å². The van der Waals surface area contributed by atoms with Gasteiger partial charge in [0.25, 0.3) is 17.7 Å². The molecule has 1 unspecified atom stereocenters. The number of nitrogens with zero attached hydrogens (tertiary/aromatic N) is 7. The van der Waals surface area contributed by atoms with Gasteiger partial charge >= 0.3 is 0 Å². The molecule has 4 rings (SSSR count). The van der Waals surface area contributed by atoms with E-state index in [9.17, 15) is 14.4 Å². The number of aryl methyl sites for hydroxylation is 2. The van der Waals surface area contributed by atoms with Crippen LogP contribution in [0, 0.1) is 22.7 Å². The Morgan fingerprint density at radius 1 is 0.852 bits per heavy atom. The number of anilines is 2. The Morgan fingerprint density at radius 3 is 1.83 bits per heavy atom. The van der Waals surface area contributed by atoms with Crippen molar-refractivity contribution < 1.29 is 28.3 Å². The monoisotopic (exact) mass is 759 g/mol. The number of nitriles is 2. The van der Waals surface area contributed by atoms with Crippen LogP contribution in [0.2, 0.25) is 5.15 Å². The average molecular weight is 760 g/mol. The third kappa shape index (κ3) is 12.2. The number of aromatic nitrogens is 2. The van der Waals surface area contributed by atoms with Gasteiger partial charge in [-0.15, -0.1) is 0 Å². The molecule has 54 heavy (non-hydrogen) atoms. The lowest BCUT2D eigenvalue weighted by Gasteiger charge is -2.45. The molecule has 15 nitrogen and oxygen atoms in total. The lowest BCUT2D eigenvalue weighted by molar-refractivity contribution is -0.933. The summed E-state index contributed by atoms with van der Waals surface area (Å²) < 4.78 is 12.1. The van der Waals surface area contributed by atoms with Crippen LogP contribution in [0.25, 0.3) is 0 Å². The molecular weight excluding hydrogens is 712 g/mol. The first-order valence-electron chi connectivity index (χ1n) is 17.8. The van der Waals surface area contributed by atoms with Crippen LogP contribution in [0.15, 0.2) is 48.5 Å². The van der Waals surface area contributed by atoms with Gasteiger partial charge in [-0.2, -0.15) is 10.5 Å². The minimum Gasteiger partial charge on any atom is -0.484 e. The molecule has 2 heterocycles. The third-order valence-electron chi connectivity index (χ3n) is 9.48. The van der Waals surface area contributed by atoms with E-state index in [1.807, 2.05) is 60.7 Å². The van der Waals surface area contributed by atoms with Gasteiger partial charge in [0.1, 0.15) is 24.6 Å². The Morgan fingerprint density at radius 2 is 1.35 bits per heavy atom. The number of hydrogen-bond donors (Lipinski definition) is 3. The van der Waals surface area contributed by atoms with Crippen molar-refractivity contribution in [3.8, 4) is 23.6 Å². The van der Waals surface area contributed by atoms with Crippen LogP contribution in [0.4, 0.5) is 11.6 Å². The van der Waals surface area contributed by atoms with Crippen molar-refractivity contribution in [3.05, 3.63) is 70.5 Å². The number of ether oxygens (including phenoxy) is 2. The molecule has 3 aromatic rings. The first kappa shape index (κ1) is 41.1. The van der Waals surface area contributed by atoms with Crippen molar-refractivity contribution in [2.45, 2.75) is 44.6 Å². The second kappa shape index (κ2) is 20.0. The van der Waals surface area contributed by atoms with Gasteiger partial charge in [-0.3, -0.25) is 14.4 Å². The number of hydrogen-bond acceptors (Lipinski definition) is 11. The lowest BCUT2D eigenvalue weighted by atomic mass is 9.99. The molecule has 1 saturated heterocycles. The van der Waals surface area contributed by atoms with Gasteiger partial charge in [0.05, 0.1) is 44.4 Å². The summed E-state index contributed by atoms with van der Waals surface area (Å²) in [5.41, 5.74) is 13.9. The van der Waals surface area contributed by atoms with Crippen LogP contribution in [-0.4, -0.2) is 115 Å². The number of benzene rings is 2. The summed E-state index contributed by atoms with van der Waals surface area (Å²) in [6.45, 7) is 3.26. The number of rotatable bonds is 18. The smallest absolute Gasteiger partial charge is 0.274 e. The van der Waals surface area contributed by atoms with Crippen LogP contribution >= 0.6 is 11.6 Å².